The van der Waals surface area contributed by atoms with Crippen LogP contribution in [0.5, 0.6) is 0 Å². The molecule has 7 nitrogen and oxygen atoms in total. The fourth-order valence-electron chi connectivity index (χ4n) is 3.30. The summed E-state index contributed by atoms with van der Waals surface area (Å²) in [6, 6.07) is -0.892. The van der Waals surface area contributed by atoms with Crippen LogP contribution in [0.4, 0.5) is 4.79 Å². The van der Waals surface area contributed by atoms with E-state index in [4.69, 9.17) is 0 Å². The normalized spacial score (nSPS) is 25.6. The minimum atomic E-state index is -0.908. The molecular weight excluding hydrogens is 272 g/mol. The Morgan fingerprint density at radius 2 is 2.14 bits per heavy atom. The van der Waals surface area contributed by atoms with E-state index in [0.717, 1.165) is 18.7 Å². The summed E-state index contributed by atoms with van der Waals surface area (Å²) in [6.45, 7) is 4.18. The number of likely N-dealkylation sites (tertiary alicyclic amines) is 1. The lowest BCUT2D eigenvalue weighted by molar-refractivity contribution is -0.145. The summed E-state index contributed by atoms with van der Waals surface area (Å²) in [7, 11) is 0. The standard InChI is InChI=1S/C14H20N4O3/c1-10-3-2-5-18(12(10)13(19)20)14(21)17-8-7-16-6-4-15-11(16)9-17/h4,6,10,12H,2-3,5,7-9H2,1H3,(H,19,20). The fraction of sp³-hybridized carbons (Fsp3) is 0.643. The van der Waals surface area contributed by atoms with Crippen LogP contribution in [0.15, 0.2) is 12.4 Å². The SMILES string of the molecule is CC1CCCN(C(=O)N2CCn3ccnc3C2)C1C(=O)O. The van der Waals surface area contributed by atoms with E-state index in [1.54, 1.807) is 11.1 Å². The Bertz CT molecular complexity index is 556. The molecule has 1 fully saturated rings. The molecule has 2 amide bonds. The van der Waals surface area contributed by atoms with E-state index in [0.29, 0.717) is 26.2 Å². The van der Waals surface area contributed by atoms with E-state index < -0.39 is 12.0 Å². The van der Waals surface area contributed by atoms with E-state index >= 15 is 0 Å². The van der Waals surface area contributed by atoms with Gasteiger partial charge in [-0.2, -0.15) is 0 Å². The second-order valence-corrected chi connectivity index (χ2v) is 5.84. The van der Waals surface area contributed by atoms with Gasteiger partial charge in [0.15, 0.2) is 0 Å². The molecule has 0 bridgehead atoms. The molecule has 3 heterocycles. The van der Waals surface area contributed by atoms with Gasteiger partial charge in [0.25, 0.3) is 0 Å². The minimum absolute atomic E-state index is 0.00743. The highest BCUT2D eigenvalue weighted by atomic mass is 16.4. The Morgan fingerprint density at radius 3 is 2.90 bits per heavy atom. The molecule has 0 spiro atoms. The van der Waals surface area contributed by atoms with Crippen molar-refractivity contribution in [2.75, 3.05) is 13.1 Å². The Balaban J connectivity index is 1.76. The number of nitrogens with zero attached hydrogens (tertiary/aromatic N) is 4. The molecule has 2 atom stereocenters. The fourth-order valence-corrected chi connectivity index (χ4v) is 3.30. The lowest BCUT2D eigenvalue weighted by Gasteiger charge is -2.40. The summed E-state index contributed by atoms with van der Waals surface area (Å²) in [4.78, 5) is 31.7. The Kier molecular flexibility index (Phi) is 3.57. The number of urea groups is 1. The quantitative estimate of drug-likeness (QED) is 0.837. The number of hydrogen-bond donors (Lipinski definition) is 1. The number of aromatic nitrogens is 2. The molecule has 7 heteroatoms. The van der Waals surface area contributed by atoms with Crippen LogP contribution >= 0.6 is 0 Å². The number of hydrogen-bond acceptors (Lipinski definition) is 3. The van der Waals surface area contributed by atoms with Crippen LogP contribution in [0, 0.1) is 5.92 Å². The summed E-state index contributed by atoms with van der Waals surface area (Å²) in [6.07, 6.45) is 5.34. The van der Waals surface area contributed by atoms with Gasteiger partial charge in [-0.15, -0.1) is 0 Å². The number of carboxylic acids is 1. The lowest BCUT2D eigenvalue weighted by atomic mass is 9.91. The highest BCUT2D eigenvalue weighted by Gasteiger charge is 2.39. The molecule has 21 heavy (non-hydrogen) atoms. The summed E-state index contributed by atoms with van der Waals surface area (Å²) in [5.74, 6) is -0.0624. The average molecular weight is 292 g/mol. The summed E-state index contributed by atoms with van der Waals surface area (Å²) < 4.78 is 2.03. The molecule has 0 saturated carbocycles. The van der Waals surface area contributed by atoms with Gasteiger partial charge in [0, 0.05) is 32.0 Å². The number of rotatable bonds is 1. The first-order valence-corrected chi connectivity index (χ1v) is 7.36. The van der Waals surface area contributed by atoms with Crippen molar-refractivity contribution in [3.63, 3.8) is 0 Å². The first-order chi connectivity index (χ1) is 10.1. The number of aliphatic carboxylic acids is 1. The summed E-state index contributed by atoms with van der Waals surface area (Å²) in [5, 5.41) is 9.42. The molecule has 3 rings (SSSR count). The molecule has 1 aromatic heterocycles. The van der Waals surface area contributed by atoms with Crippen molar-refractivity contribution < 1.29 is 14.7 Å². The number of piperidine rings is 1. The number of imidazole rings is 1. The van der Waals surface area contributed by atoms with Gasteiger partial charge in [-0.05, 0) is 18.8 Å². The monoisotopic (exact) mass is 292 g/mol. The highest BCUT2D eigenvalue weighted by Crippen LogP contribution is 2.25. The van der Waals surface area contributed by atoms with E-state index in [2.05, 4.69) is 4.98 Å². The molecule has 0 aliphatic carbocycles. The van der Waals surface area contributed by atoms with Gasteiger partial charge in [0.2, 0.25) is 0 Å². The first-order valence-electron chi connectivity index (χ1n) is 7.36. The second-order valence-electron chi connectivity index (χ2n) is 5.84. The van der Waals surface area contributed by atoms with Crippen molar-refractivity contribution in [3.05, 3.63) is 18.2 Å². The zero-order valence-corrected chi connectivity index (χ0v) is 12.1. The van der Waals surface area contributed by atoms with E-state index in [1.807, 2.05) is 17.7 Å². The smallest absolute Gasteiger partial charge is 0.326 e. The van der Waals surface area contributed by atoms with Crippen LogP contribution < -0.4 is 0 Å². The molecule has 0 radical (unpaired) electrons. The maximum atomic E-state index is 12.7. The maximum absolute atomic E-state index is 12.7. The molecule has 114 valence electrons. The van der Waals surface area contributed by atoms with Crippen LogP contribution in [0.25, 0.3) is 0 Å². The average Bonchev–Trinajstić information content (AvgIpc) is 2.93. The van der Waals surface area contributed by atoms with Crippen molar-refractivity contribution >= 4 is 12.0 Å². The molecule has 0 aromatic carbocycles. The van der Waals surface area contributed by atoms with Crippen molar-refractivity contribution in [1.82, 2.24) is 19.4 Å². The van der Waals surface area contributed by atoms with Gasteiger partial charge in [0.1, 0.15) is 11.9 Å². The zero-order valence-electron chi connectivity index (χ0n) is 12.1. The lowest BCUT2D eigenvalue weighted by Crippen LogP contribution is -2.56. The number of carboxylic acid groups (broad SMARTS) is 1. The summed E-state index contributed by atoms with van der Waals surface area (Å²) in [5.41, 5.74) is 0. The molecule has 1 N–H and O–H groups in total. The largest absolute Gasteiger partial charge is 0.480 e. The van der Waals surface area contributed by atoms with Crippen molar-refractivity contribution in [1.29, 1.82) is 0 Å². The Labute approximate surface area is 123 Å². The topological polar surface area (TPSA) is 78.7 Å². The van der Waals surface area contributed by atoms with Crippen molar-refractivity contribution in [2.24, 2.45) is 5.92 Å². The third kappa shape index (κ3) is 2.48. The minimum Gasteiger partial charge on any atom is -0.480 e. The third-order valence-corrected chi connectivity index (χ3v) is 4.45. The predicted molar refractivity (Wildman–Crippen MR) is 74.6 cm³/mol. The number of carbonyl (C=O) groups is 2. The Morgan fingerprint density at radius 1 is 1.33 bits per heavy atom. The number of fused-ring (bicyclic) bond motifs is 1. The van der Waals surface area contributed by atoms with Gasteiger partial charge in [-0.25, -0.2) is 14.6 Å². The third-order valence-electron chi connectivity index (χ3n) is 4.45. The van der Waals surface area contributed by atoms with Gasteiger partial charge in [-0.1, -0.05) is 6.92 Å². The van der Waals surface area contributed by atoms with Gasteiger partial charge in [0.05, 0.1) is 6.54 Å². The van der Waals surface area contributed by atoms with E-state index in [-0.39, 0.29) is 11.9 Å². The van der Waals surface area contributed by atoms with Crippen LogP contribution in [-0.2, 0) is 17.9 Å². The highest BCUT2D eigenvalue weighted by molar-refractivity contribution is 5.83. The van der Waals surface area contributed by atoms with Crippen LogP contribution in [0.2, 0.25) is 0 Å². The Hall–Kier alpha value is -2.05. The van der Waals surface area contributed by atoms with Crippen LogP contribution in [0.3, 0.4) is 0 Å². The van der Waals surface area contributed by atoms with Gasteiger partial charge < -0.3 is 19.5 Å². The van der Waals surface area contributed by atoms with E-state index in [1.165, 1.54) is 4.90 Å². The molecule has 1 saturated heterocycles. The van der Waals surface area contributed by atoms with Crippen molar-refractivity contribution in [3.8, 4) is 0 Å². The second kappa shape index (κ2) is 5.38. The predicted octanol–water partition coefficient (Wildman–Crippen LogP) is 1.00. The summed E-state index contributed by atoms with van der Waals surface area (Å²) >= 11 is 0. The molecule has 2 unspecified atom stereocenters. The number of carbonyl (C=O) groups excluding carboxylic acids is 1. The molecular formula is C14H20N4O3. The van der Waals surface area contributed by atoms with Crippen LogP contribution in [-0.4, -0.2) is 55.6 Å². The molecule has 1 aromatic rings. The maximum Gasteiger partial charge on any atom is 0.326 e. The van der Waals surface area contributed by atoms with Crippen molar-refractivity contribution in [2.45, 2.75) is 38.9 Å². The van der Waals surface area contributed by atoms with Gasteiger partial charge >= 0.3 is 12.0 Å². The number of amides is 2. The molecule has 2 aliphatic rings. The van der Waals surface area contributed by atoms with E-state index in [9.17, 15) is 14.7 Å². The first kappa shape index (κ1) is 13.9. The van der Waals surface area contributed by atoms with Crippen LogP contribution in [0.1, 0.15) is 25.6 Å². The van der Waals surface area contributed by atoms with Gasteiger partial charge in [-0.3, -0.25) is 0 Å². The zero-order chi connectivity index (χ0) is 15.0. The molecule has 2 aliphatic heterocycles.